The molecule has 0 aromatic heterocycles. The van der Waals surface area contributed by atoms with Crippen LogP contribution in [0.4, 0.5) is 0 Å². The molecule has 2 bridgehead atoms. The van der Waals surface area contributed by atoms with E-state index in [4.69, 9.17) is 0 Å². The van der Waals surface area contributed by atoms with E-state index in [1.165, 1.54) is 18.0 Å². The lowest BCUT2D eigenvalue weighted by Gasteiger charge is -2.45. The van der Waals surface area contributed by atoms with E-state index in [0.29, 0.717) is 11.7 Å². The molecule has 4 rings (SSSR count). The first-order chi connectivity index (χ1) is 8.25. The molecular formula is C14H20NO2+. The van der Waals surface area contributed by atoms with Crippen molar-refractivity contribution in [2.24, 2.45) is 5.92 Å². The summed E-state index contributed by atoms with van der Waals surface area (Å²) < 4.78 is 0. The van der Waals surface area contributed by atoms with E-state index in [1.54, 1.807) is 6.07 Å². The second-order valence-corrected chi connectivity index (χ2v) is 5.43. The first-order valence-electron chi connectivity index (χ1n) is 6.55. The van der Waals surface area contributed by atoms with E-state index < -0.39 is 0 Å². The van der Waals surface area contributed by atoms with Gasteiger partial charge in [0.25, 0.3) is 0 Å². The van der Waals surface area contributed by atoms with Crippen LogP contribution in [-0.2, 0) is 6.42 Å². The van der Waals surface area contributed by atoms with Crippen LogP contribution in [0.5, 0.6) is 5.75 Å². The molecular weight excluding hydrogens is 214 g/mol. The number of nitrogens with one attached hydrogen (secondary N) is 1. The van der Waals surface area contributed by atoms with Crippen molar-refractivity contribution in [3.05, 3.63) is 29.8 Å². The molecule has 3 aliphatic heterocycles. The quantitative estimate of drug-likeness (QED) is 0.673. The van der Waals surface area contributed by atoms with Gasteiger partial charge in [-0.25, -0.2) is 0 Å². The summed E-state index contributed by atoms with van der Waals surface area (Å²) in [7, 11) is 0. The monoisotopic (exact) mass is 234 g/mol. The van der Waals surface area contributed by atoms with Gasteiger partial charge in [-0.2, -0.15) is 0 Å². The van der Waals surface area contributed by atoms with Gasteiger partial charge in [-0.3, -0.25) is 0 Å². The van der Waals surface area contributed by atoms with Crippen LogP contribution in [0.3, 0.4) is 0 Å². The van der Waals surface area contributed by atoms with Crippen molar-refractivity contribution < 1.29 is 15.1 Å². The number of phenols is 1. The number of quaternary nitrogens is 1. The molecule has 0 amide bonds. The molecule has 0 saturated carbocycles. The lowest BCUT2D eigenvalue weighted by Crippen LogP contribution is -3.20. The largest absolute Gasteiger partial charge is 0.508 e. The van der Waals surface area contributed by atoms with Crippen molar-refractivity contribution >= 4 is 0 Å². The summed E-state index contributed by atoms with van der Waals surface area (Å²) in [6.45, 7) is 2.36. The maximum Gasteiger partial charge on any atom is 0.119 e. The fraction of sp³-hybridized carbons (Fsp3) is 0.571. The Hall–Kier alpha value is -1.06. The summed E-state index contributed by atoms with van der Waals surface area (Å²) in [6, 6.07) is 7.76. The minimum Gasteiger partial charge on any atom is -0.508 e. The molecule has 2 atom stereocenters. The molecule has 3 nitrogen and oxygen atoms in total. The smallest absolute Gasteiger partial charge is 0.119 e. The number of para-hydroxylation sites is 1. The lowest BCUT2D eigenvalue weighted by atomic mass is 9.78. The number of hydrogen-bond acceptors (Lipinski definition) is 2. The highest BCUT2D eigenvalue weighted by Gasteiger charge is 2.44. The van der Waals surface area contributed by atoms with Gasteiger partial charge in [0.1, 0.15) is 17.9 Å². The van der Waals surface area contributed by atoms with Crippen LogP contribution >= 0.6 is 0 Å². The first-order valence-corrected chi connectivity index (χ1v) is 6.55. The lowest BCUT2D eigenvalue weighted by molar-refractivity contribution is -0.946. The molecule has 3 fully saturated rings. The molecule has 0 radical (unpaired) electrons. The van der Waals surface area contributed by atoms with Crippen molar-refractivity contribution in [2.75, 3.05) is 13.1 Å². The average Bonchev–Trinajstić information content (AvgIpc) is 2.36. The van der Waals surface area contributed by atoms with E-state index in [1.807, 2.05) is 18.2 Å². The van der Waals surface area contributed by atoms with Crippen molar-refractivity contribution in [3.63, 3.8) is 0 Å². The molecule has 3 heterocycles. The molecule has 0 spiro atoms. The molecule has 3 N–H and O–H groups in total. The number of piperidine rings is 3. The number of aromatic hydroxyl groups is 1. The van der Waals surface area contributed by atoms with Crippen molar-refractivity contribution in [3.8, 4) is 5.75 Å². The summed E-state index contributed by atoms with van der Waals surface area (Å²) in [6.07, 6.45) is 2.92. The number of phenolic OH excluding ortho intramolecular Hbond substituents is 1. The maximum absolute atomic E-state index is 10.3. The van der Waals surface area contributed by atoms with Crippen LogP contribution in [0.2, 0.25) is 0 Å². The van der Waals surface area contributed by atoms with Gasteiger partial charge in [-0.1, -0.05) is 18.2 Å². The Morgan fingerprint density at radius 3 is 2.53 bits per heavy atom. The van der Waals surface area contributed by atoms with E-state index in [9.17, 15) is 10.2 Å². The second-order valence-electron chi connectivity index (χ2n) is 5.43. The Bertz CT molecular complexity index is 397. The third-order valence-electron chi connectivity index (χ3n) is 4.52. The molecule has 3 aliphatic rings. The first kappa shape index (κ1) is 11.1. The van der Waals surface area contributed by atoms with Gasteiger partial charge < -0.3 is 15.1 Å². The van der Waals surface area contributed by atoms with E-state index in [0.717, 1.165) is 24.8 Å². The fourth-order valence-electron chi connectivity index (χ4n) is 3.48. The van der Waals surface area contributed by atoms with Gasteiger partial charge in [0.2, 0.25) is 0 Å². The van der Waals surface area contributed by atoms with Crippen LogP contribution < -0.4 is 4.90 Å². The molecule has 3 heteroatoms. The Balaban J connectivity index is 1.79. The standard InChI is InChI=1S/C14H19NO2/c16-13-4-2-1-3-11(13)9-12-14(17)10-5-7-15(12)8-6-10/h1-4,10,12,14,16-17H,5-9H2/p+1/t12-,14-/m1/s1. The highest BCUT2D eigenvalue weighted by molar-refractivity contribution is 5.32. The molecule has 1 aromatic carbocycles. The predicted molar refractivity (Wildman–Crippen MR) is 65.0 cm³/mol. The van der Waals surface area contributed by atoms with Crippen LogP contribution in [0.25, 0.3) is 0 Å². The highest BCUT2D eigenvalue weighted by Crippen LogP contribution is 2.25. The van der Waals surface area contributed by atoms with Crippen LogP contribution in [0, 0.1) is 5.92 Å². The number of aliphatic hydroxyl groups is 1. The van der Waals surface area contributed by atoms with Gasteiger partial charge in [-0.05, 0) is 11.6 Å². The van der Waals surface area contributed by atoms with Gasteiger partial charge in [-0.15, -0.1) is 0 Å². The summed E-state index contributed by atoms with van der Waals surface area (Å²) in [5, 5.41) is 20.1. The van der Waals surface area contributed by atoms with Crippen LogP contribution in [0.1, 0.15) is 18.4 Å². The fourth-order valence-corrected chi connectivity index (χ4v) is 3.48. The zero-order valence-corrected chi connectivity index (χ0v) is 9.97. The zero-order chi connectivity index (χ0) is 11.8. The minimum atomic E-state index is -0.188. The predicted octanol–water partition coefficient (Wildman–Crippen LogP) is -0.0273. The molecule has 92 valence electrons. The minimum absolute atomic E-state index is 0.188. The second kappa shape index (κ2) is 4.31. The number of hydrogen-bond donors (Lipinski definition) is 3. The molecule has 17 heavy (non-hydrogen) atoms. The number of benzene rings is 1. The summed E-state index contributed by atoms with van der Waals surface area (Å²) in [5.74, 6) is 0.852. The normalized spacial score (nSPS) is 36.1. The zero-order valence-electron chi connectivity index (χ0n) is 9.97. The third kappa shape index (κ3) is 1.94. The summed E-state index contributed by atoms with van der Waals surface area (Å²) >= 11 is 0. The Kier molecular flexibility index (Phi) is 2.81. The molecule has 0 aliphatic carbocycles. The summed E-state index contributed by atoms with van der Waals surface area (Å²) in [4.78, 5) is 1.52. The average molecular weight is 234 g/mol. The summed E-state index contributed by atoms with van der Waals surface area (Å²) in [5.41, 5.74) is 0.969. The maximum atomic E-state index is 10.3. The van der Waals surface area contributed by atoms with Crippen molar-refractivity contribution in [1.29, 1.82) is 0 Å². The van der Waals surface area contributed by atoms with Crippen molar-refractivity contribution in [1.82, 2.24) is 0 Å². The number of aliphatic hydroxyl groups excluding tert-OH is 1. The van der Waals surface area contributed by atoms with Crippen LogP contribution in [0.15, 0.2) is 24.3 Å². The topological polar surface area (TPSA) is 44.9 Å². The molecule has 3 saturated heterocycles. The van der Waals surface area contributed by atoms with Gasteiger partial charge >= 0.3 is 0 Å². The van der Waals surface area contributed by atoms with Crippen LogP contribution in [-0.4, -0.2) is 35.4 Å². The number of fused-ring (bicyclic) bond motifs is 3. The Morgan fingerprint density at radius 1 is 1.18 bits per heavy atom. The van der Waals surface area contributed by atoms with E-state index in [2.05, 4.69) is 0 Å². The van der Waals surface area contributed by atoms with Crippen molar-refractivity contribution in [2.45, 2.75) is 31.4 Å². The highest BCUT2D eigenvalue weighted by atomic mass is 16.3. The molecule has 1 aromatic rings. The van der Waals surface area contributed by atoms with Gasteiger partial charge in [0, 0.05) is 25.2 Å². The van der Waals surface area contributed by atoms with E-state index >= 15 is 0 Å². The SMILES string of the molecule is Oc1ccccc1C[C@@H]1[C@H](O)C2CC[NH+]1CC2. The van der Waals surface area contributed by atoms with Gasteiger partial charge in [0.05, 0.1) is 13.1 Å². The van der Waals surface area contributed by atoms with E-state index in [-0.39, 0.29) is 12.1 Å². The Morgan fingerprint density at radius 2 is 1.88 bits per heavy atom. The third-order valence-corrected chi connectivity index (χ3v) is 4.52. The number of rotatable bonds is 2. The Labute approximate surface area is 102 Å². The van der Waals surface area contributed by atoms with Gasteiger partial charge in [0.15, 0.2) is 0 Å². The molecule has 0 unspecified atom stereocenters.